The Labute approximate surface area is 168 Å². The van der Waals surface area contributed by atoms with E-state index in [0.29, 0.717) is 22.2 Å². The SMILES string of the molecule is Cc1cc(C(=O)CN2C(=O)NC(C)(c3ccccc3Cl)C2=O)c(C)n1C1CC1. The fourth-order valence-corrected chi connectivity index (χ4v) is 4.40. The molecule has 1 saturated carbocycles. The molecule has 1 unspecified atom stereocenters. The molecule has 1 aromatic carbocycles. The molecule has 1 aliphatic carbocycles. The van der Waals surface area contributed by atoms with Crippen LogP contribution in [-0.2, 0) is 10.3 Å². The Kier molecular flexibility index (Phi) is 4.34. The number of halogens is 1. The van der Waals surface area contributed by atoms with Crippen LogP contribution in [0.3, 0.4) is 0 Å². The summed E-state index contributed by atoms with van der Waals surface area (Å²) in [5, 5.41) is 3.09. The van der Waals surface area contributed by atoms with Gasteiger partial charge in [0.1, 0.15) is 5.54 Å². The molecule has 4 rings (SSSR count). The number of ketones is 1. The Morgan fingerprint density at radius 2 is 1.93 bits per heavy atom. The normalized spacial score (nSPS) is 21.9. The topological polar surface area (TPSA) is 71.4 Å². The fraction of sp³-hybridized carbons (Fsp3) is 0.381. The number of benzene rings is 1. The molecule has 0 spiro atoms. The standard InChI is InChI=1S/C21H22ClN3O3/c1-12-10-15(13(2)25(12)14-8-9-14)18(26)11-24-19(27)21(3,23-20(24)28)16-6-4-5-7-17(16)22/h4-7,10,14H,8-9,11H2,1-3H3,(H,23,28). The van der Waals surface area contributed by atoms with Crippen molar-refractivity contribution in [1.29, 1.82) is 0 Å². The summed E-state index contributed by atoms with van der Waals surface area (Å²) in [4.78, 5) is 39.5. The van der Waals surface area contributed by atoms with E-state index < -0.39 is 17.5 Å². The summed E-state index contributed by atoms with van der Waals surface area (Å²) in [5.41, 5.74) is 1.71. The number of aryl methyl sites for hydroxylation is 1. The summed E-state index contributed by atoms with van der Waals surface area (Å²) >= 11 is 6.24. The number of carbonyl (C=O) groups is 3. The Bertz CT molecular complexity index is 1010. The average Bonchev–Trinajstić information content (AvgIpc) is 3.39. The zero-order chi connectivity index (χ0) is 20.2. The molecule has 2 aromatic rings. The van der Waals surface area contributed by atoms with E-state index >= 15 is 0 Å². The summed E-state index contributed by atoms with van der Waals surface area (Å²) in [6.07, 6.45) is 2.24. The van der Waals surface area contributed by atoms with Crippen LogP contribution in [-0.4, -0.2) is 33.7 Å². The van der Waals surface area contributed by atoms with Crippen molar-refractivity contribution < 1.29 is 14.4 Å². The number of nitrogens with zero attached hydrogens (tertiary/aromatic N) is 2. The molecule has 0 radical (unpaired) electrons. The molecule has 1 atom stereocenters. The average molecular weight is 400 g/mol. The van der Waals surface area contributed by atoms with Gasteiger partial charge in [0.25, 0.3) is 5.91 Å². The third kappa shape index (κ3) is 2.83. The maximum absolute atomic E-state index is 13.1. The molecule has 6 nitrogen and oxygen atoms in total. The monoisotopic (exact) mass is 399 g/mol. The molecule has 1 N–H and O–H groups in total. The number of Topliss-reactive ketones (excluding diaryl/α,β-unsaturated/α-hetero) is 1. The van der Waals surface area contributed by atoms with E-state index in [1.807, 2.05) is 19.9 Å². The molecule has 1 aliphatic heterocycles. The lowest BCUT2D eigenvalue weighted by Crippen LogP contribution is -2.41. The smallest absolute Gasteiger partial charge is 0.325 e. The second-order valence-corrected chi connectivity index (χ2v) is 8.14. The highest BCUT2D eigenvalue weighted by Gasteiger charge is 2.50. The van der Waals surface area contributed by atoms with Crippen LogP contribution in [0, 0.1) is 13.8 Å². The van der Waals surface area contributed by atoms with Crippen molar-refractivity contribution in [3.05, 3.63) is 57.9 Å². The van der Waals surface area contributed by atoms with Gasteiger partial charge < -0.3 is 9.88 Å². The van der Waals surface area contributed by atoms with Crippen molar-refractivity contribution in [3.63, 3.8) is 0 Å². The largest absolute Gasteiger partial charge is 0.345 e. The molecule has 0 bridgehead atoms. The zero-order valence-electron chi connectivity index (χ0n) is 16.1. The van der Waals surface area contributed by atoms with E-state index in [2.05, 4.69) is 9.88 Å². The highest BCUT2D eigenvalue weighted by Crippen LogP contribution is 2.38. The quantitative estimate of drug-likeness (QED) is 0.615. The van der Waals surface area contributed by atoms with E-state index in [0.717, 1.165) is 29.1 Å². The van der Waals surface area contributed by atoms with Gasteiger partial charge in [-0.15, -0.1) is 0 Å². The van der Waals surface area contributed by atoms with Gasteiger partial charge in [0, 0.05) is 33.6 Å². The number of carbonyl (C=O) groups excluding carboxylic acids is 3. The Morgan fingerprint density at radius 1 is 1.25 bits per heavy atom. The number of nitrogens with one attached hydrogen (secondary N) is 1. The van der Waals surface area contributed by atoms with Crippen molar-refractivity contribution in [3.8, 4) is 0 Å². The van der Waals surface area contributed by atoms with Gasteiger partial charge >= 0.3 is 6.03 Å². The van der Waals surface area contributed by atoms with Gasteiger partial charge in [-0.2, -0.15) is 0 Å². The molecule has 3 amide bonds. The van der Waals surface area contributed by atoms with Gasteiger partial charge in [-0.25, -0.2) is 4.79 Å². The first-order valence-corrected chi connectivity index (χ1v) is 9.72. The van der Waals surface area contributed by atoms with Gasteiger partial charge in [0.05, 0.1) is 6.54 Å². The summed E-state index contributed by atoms with van der Waals surface area (Å²) in [6.45, 7) is 5.21. The molecule has 1 aromatic heterocycles. The molecule has 146 valence electrons. The molecular formula is C21H22ClN3O3. The fourth-order valence-electron chi connectivity index (χ4n) is 4.07. The van der Waals surface area contributed by atoms with Gasteiger partial charge in [0.2, 0.25) is 0 Å². The third-order valence-electron chi connectivity index (χ3n) is 5.69. The Morgan fingerprint density at radius 3 is 2.57 bits per heavy atom. The summed E-state index contributed by atoms with van der Waals surface area (Å²) < 4.78 is 2.17. The van der Waals surface area contributed by atoms with E-state index in [-0.39, 0.29) is 12.3 Å². The molecule has 1 saturated heterocycles. The van der Waals surface area contributed by atoms with E-state index in [4.69, 9.17) is 11.6 Å². The molecule has 2 aliphatic rings. The van der Waals surface area contributed by atoms with Crippen molar-refractivity contribution in [1.82, 2.24) is 14.8 Å². The van der Waals surface area contributed by atoms with Crippen LogP contribution < -0.4 is 5.32 Å². The van der Waals surface area contributed by atoms with Crippen molar-refractivity contribution >= 4 is 29.3 Å². The van der Waals surface area contributed by atoms with Crippen molar-refractivity contribution in [2.24, 2.45) is 0 Å². The van der Waals surface area contributed by atoms with Crippen LogP contribution in [0.15, 0.2) is 30.3 Å². The summed E-state index contributed by atoms with van der Waals surface area (Å²) in [6, 6.07) is 8.61. The zero-order valence-corrected chi connectivity index (χ0v) is 16.8. The van der Waals surface area contributed by atoms with Crippen LogP contribution in [0.5, 0.6) is 0 Å². The Balaban J connectivity index is 1.60. The number of hydrogen-bond acceptors (Lipinski definition) is 3. The predicted molar refractivity (Wildman–Crippen MR) is 106 cm³/mol. The maximum Gasteiger partial charge on any atom is 0.325 e. The third-order valence-corrected chi connectivity index (χ3v) is 6.02. The van der Waals surface area contributed by atoms with Crippen LogP contribution in [0.2, 0.25) is 5.02 Å². The van der Waals surface area contributed by atoms with Gasteiger partial charge in [-0.1, -0.05) is 29.8 Å². The van der Waals surface area contributed by atoms with Crippen molar-refractivity contribution in [2.45, 2.75) is 45.2 Å². The first-order valence-electron chi connectivity index (χ1n) is 9.34. The second kappa shape index (κ2) is 6.48. The number of aromatic nitrogens is 1. The van der Waals surface area contributed by atoms with E-state index in [1.54, 1.807) is 31.2 Å². The van der Waals surface area contributed by atoms with Gasteiger partial charge in [-0.05, 0) is 45.7 Å². The van der Waals surface area contributed by atoms with Gasteiger partial charge in [-0.3, -0.25) is 14.5 Å². The van der Waals surface area contributed by atoms with Gasteiger partial charge in [0.15, 0.2) is 5.78 Å². The molecule has 28 heavy (non-hydrogen) atoms. The highest BCUT2D eigenvalue weighted by atomic mass is 35.5. The number of imide groups is 1. The number of rotatable bonds is 5. The molecule has 2 fully saturated rings. The number of amides is 3. The highest BCUT2D eigenvalue weighted by molar-refractivity contribution is 6.32. The maximum atomic E-state index is 13.1. The minimum atomic E-state index is -1.29. The van der Waals surface area contributed by atoms with Crippen LogP contribution >= 0.6 is 11.6 Å². The minimum absolute atomic E-state index is 0.244. The number of hydrogen-bond donors (Lipinski definition) is 1. The first kappa shape index (κ1) is 18.7. The lowest BCUT2D eigenvalue weighted by atomic mass is 9.92. The van der Waals surface area contributed by atoms with Crippen LogP contribution in [0.1, 0.15) is 53.1 Å². The van der Waals surface area contributed by atoms with E-state index in [9.17, 15) is 14.4 Å². The molecule has 2 heterocycles. The van der Waals surface area contributed by atoms with Crippen LogP contribution in [0.25, 0.3) is 0 Å². The lowest BCUT2D eigenvalue weighted by molar-refractivity contribution is -0.130. The summed E-state index contributed by atoms with van der Waals surface area (Å²) in [5.74, 6) is -0.721. The van der Waals surface area contributed by atoms with Crippen molar-refractivity contribution in [2.75, 3.05) is 6.54 Å². The summed E-state index contributed by atoms with van der Waals surface area (Å²) in [7, 11) is 0. The van der Waals surface area contributed by atoms with E-state index in [1.165, 1.54) is 0 Å². The first-order chi connectivity index (χ1) is 13.2. The molecular weight excluding hydrogens is 378 g/mol. The lowest BCUT2D eigenvalue weighted by Gasteiger charge is -2.23. The predicted octanol–water partition coefficient (Wildman–Crippen LogP) is 3.74. The number of urea groups is 1. The minimum Gasteiger partial charge on any atom is -0.345 e. The second-order valence-electron chi connectivity index (χ2n) is 7.74. The Hall–Kier alpha value is -2.60. The van der Waals surface area contributed by atoms with Crippen LogP contribution in [0.4, 0.5) is 4.79 Å². The molecule has 7 heteroatoms.